The molecule has 0 aliphatic heterocycles. The third kappa shape index (κ3) is 4.29. The maximum Gasteiger partial charge on any atom is 0.242 e. The normalized spacial score (nSPS) is 11.9. The molecule has 0 aliphatic rings. The lowest BCUT2D eigenvalue weighted by Crippen LogP contribution is -2.32. The first-order valence-electron chi connectivity index (χ1n) is 5.35. The Morgan fingerprint density at radius 3 is 2.71 bits per heavy atom. The van der Waals surface area contributed by atoms with Gasteiger partial charge in [0.1, 0.15) is 10.7 Å². The minimum Gasteiger partial charge on any atom is -0.384 e. The van der Waals surface area contributed by atoms with Gasteiger partial charge in [0.25, 0.3) is 0 Å². The molecule has 0 unspecified atom stereocenters. The van der Waals surface area contributed by atoms with E-state index < -0.39 is 10.0 Å². The Balaban J connectivity index is 2.60. The average molecular weight is 258 g/mol. The van der Waals surface area contributed by atoms with Gasteiger partial charge >= 0.3 is 0 Å². The van der Waals surface area contributed by atoms with Gasteiger partial charge in [0.05, 0.1) is 0 Å². The van der Waals surface area contributed by atoms with Crippen molar-refractivity contribution < 1.29 is 8.42 Å². The van der Waals surface area contributed by atoms with Gasteiger partial charge in [-0.25, -0.2) is 18.1 Å². The fourth-order valence-electron chi connectivity index (χ4n) is 1.16. The van der Waals surface area contributed by atoms with Crippen LogP contribution in [0.5, 0.6) is 0 Å². The Morgan fingerprint density at radius 1 is 1.47 bits per heavy atom. The molecule has 17 heavy (non-hydrogen) atoms. The molecule has 0 radical (unpaired) electrons. The van der Waals surface area contributed by atoms with E-state index in [-0.39, 0.29) is 4.90 Å². The topological polar surface area (TPSA) is 88.3 Å². The van der Waals surface area contributed by atoms with Crippen LogP contribution in [-0.4, -0.2) is 45.0 Å². The van der Waals surface area contributed by atoms with Crippen molar-refractivity contribution in [2.24, 2.45) is 0 Å². The number of nitrogens with zero attached hydrogens (tertiary/aromatic N) is 2. The zero-order valence-electron chi connectivity index (χ0n) is 10.0. The zero-order chi connectivity index (χ0) is 12.9. The molecule has 96 valence electrons. The molecule has 1 aromatic rings. The molecule has 0 atom stereocenters. The zero-order valence-corrected chi connectivity index (χ0v) is 10.9. The number of nitrogens with two attached hydrogens (primary N) is 1. The van der Waals surface area contributed by atoms with Crippen LogP contribution in [0, 0.1) is 0 Å². The number of rotatable bonds is 6. The van der Waals surface area contributed by atoms with Gasteiger partial charge in [-0.2, -0.15) is 0 Å². The van der Waals surface area contributed by atoms with Crippen molar-refractivity contribution in [2.45, 2.75) is 11.8 Å². The summed E-state index contributed by atoms with van der Waals surface area (Å²) in [7, 11) is -1.55. The van der Waals surface area contributed by atoms with E-state index in [1.54, 1.807) is 0 Å². The van der Waals surface area contributed by atoms with Gasteiger partial charge in [-0.15, -0.1) is 0 Å². The van der Waals surface area contributed by atoms with Crippen molar-refractivity contribution in [3.8, 4) is 0 Å². The molecule has 0 spiro atoms. The molecule has 1 aromatic heterocycles. The van der Waals surface area contributed by atoms with Crippen LogP contribution in [0.1, 0.15) is 6.92 Å². The van der Waals surface area contributed by atoms with Gasteiger partial charge < -0.3 is 10.6 Å². The Bertz CT molecular complexity index is 444. The lowest BCUT2D eigenvalue weighted by atomic mass is 10.5. The molecular weight excluding hydrogens is 240 g/mol. The van der Waals surface area contributed by atoms with E-state index in [4.69, 9.17) is 5.73 Å². The highest BCUT2D eigenvalue weighted by atomic mass is 32.2. The fraction of sp³-hybridized carbons (Fsp3) is 0.500. The molecule has 6 nitrogen and oxygen atoms in total. The van der Waals surface area contributed by atoms with Crippen LogP contribution in [0.3, 0.4) is 0 Å². The molecule has 0 aliphatic carbocycles. The molecule has 1 rings (SSSR count). The van der Waals surface area contributed by atoms with E-state index >= 15 is 0 Å². The number of anilines is 1. The number of aromatic nitrogens is 1. The Morgan fingerprint density at radius 2 is 2.18 bits per heavy atom. The minimum absolute atomic E-state index is 0.130. The van der Waals surface area contributed by atoms with Crippen molar-refractivity contribution in [2.75, 3.05) is 32.4 Å². The van der Waals surface area contributed by atoms with Crippen LogP contribution in [0.25, 0.3) is 0 Å². The van der Waals surface area contributed by atoms with Crippen LogP contribution < -0.4 is 10.5 Å². The summed E-state index contributed by atoms with van der Waals surface area (Å²) in [5.41, 5.74) is 5.39. The third-order valence-corrected chi connectivity index (χ3v) is 3.84. The van der Waals surface area contributed by atoms with Crippen molar-refractivity contribution >= 4 is 15.8 Å². The Hall–Kier alpha value is -1.18. The highest BCUT2D eigenvalue weighted by molar-refractivity contribution is 7.89. The smallest absolute Gasteiger partial charge is 0.242 e. The first-order valence-corrected chi connectivity index (χ1v) is 6.83. The predicted octanol–water partition coefficient (Wildman–Crippen LogP) is -0.106. The Kier molecular flexibility index (Phi) is 4.86. The maximum atomic E-state index is 11.8. The number of hydrogen-bond acceptors (Lipinski definition) is 5. The van der Waals surface area contributed by atoms with Crippen molar-refractivity contribution in [3.63, 3.8) is 0 Å². The van der Waals surface area contributed by atoms with Crippen LogP contribution in [0.15, 0.2) is 23.2 Å². The summed E-state index contributed by atoms with van der Waals surface area (Å²) in [4.78, 5) is 5.90. The number of nitrogen functional groups attached to an aromatic ring is 1. The number of nitrogens with one attached hydrogen (secondary N) is 1. The molecule has 0 saturated carbocycles. The number of sulfonamides is 1. The summed E-state index contributed by atoms with van der Waals surface area (Å²) < 4.78 is 26.1. The second-order valence-corrected chi connectivity index (χ2v) is 5.48. The van der Waals surface area contributed by atoms with E-state index in [1.165, 1.54) is 18.3 Å². The molecular formula is C10H18N4O2S. The minimum atomic E-state index is -3.48. The van der Waals surface area contributed by atoms with E-state index in [1.807, 2.05) is 18.9 Å². The van der Waals surface area contributed by atoms with Crippen LogP contribution >= 0.6 is 0 Å². The van der Waals surface area contributed by atoms with Gasteiger partial charge in [0.2, 0.25) is 10.0 Å². The molecule has 7 heteroatoms. The molecule has 0 amide bonds. The fourth-order valence-corrected chi connectivity index (χ4v) is 2.13. The van der Waals surface area contributed by atoms with E-state index in [9.17, 15) is 8.42 Å². The number of pyridine rings is 1. The molecule has 1 heterocycles. The first kappa shape index (κ1) is 13.9. The first-order chi connectivity index (χ1) is 7.95. The maximum absolute atomic E-state index is 11.8. The van der Waals surface area contributed by atoms with Crippen molar-refractivity contribution in [1.82, 2.24) is 14.6 Å². The summed E-state index contributed by atoms with van der Waals surface area (Å²) in [6.07, 6.45) is 1.25. The standard InChI is InChI=1S/C10H18N4O2S/c1-3-14(2)7-6-13-17(15,16)9-4-5-10(11)12-8-9/h4-5,8,13H,3,6-7H2,1-2H3,(H2,11,12). The molecule has 0 saturated heterocycles. The summed E-state index contributed by atoms with van der Waals surface area (Å²) in [5, 5.41) is 0. The van der Waals surface area contributed by atoms with Gasteiger partial charge in [-0.3, -0.25) is 0 Å². The van der Waals surface area contributed by atoms with Crippen LogP contribution in [0.2, 0.25) is 0 Å². The predicted molar refractivity (Wildman–Crippen MR) is 67.0 cm³/mol. The lowest BCUT2D eigenvalue weighted by Gasteiger charge is -2.14. The average Bonchev–Trinajstić information content (AvgIpc) is 2.29. The molecule has 0 aromatic carbocycles. The highest BCUT2D eigenvalue weighted by Crippen LogP contribution is 2.07. The van der Waals surface area contributed by atoms with Gasteiger partial charge in [0, 0.05) is 19.3 Å². The van der Waals surface area contributed by atoms with Crippen molar-refractivity contribution in [3.05, 3.63) is 18.3 Å². The Labute approximate surface area is 102 Å². The summed E-state index contributed by atoms with van der Waals surface area (Å²) in [5.74, 6) is 0.301. The third-order valence-electron chi connectivity index (χ3n) is 2.39. The van der Waals surface area contributed by atoms with Crippen LogP contribution in [-0.2, 0) is 10.0 Å². The number of hydrogen-bond donors (Lipinski definition) is 2. The molecule has 0 bridgehead atoms. The number of likely N-dealkylation sites (N-methyl/N-ethyl adjacent to an activating group) is 1. The van der Waals surface area contributed by atoms with E-state index in [0.29, 0.717) is 18.9 Å². The highest BCUT2D eigenvalue weighted by Gasteiger charge is 2.13. The summed E-state index contributed by atoms with van der Waals surface area (Å²) >= 11 is 0. The second-order valence-electron chi connectivity index (χ2n) is 3.71. The van der Waals surface area contributed by atoms with Crippen molar-refractivity contribution in [1.29, 1.82) is 0 Å². The van der Waals surface area contributed by atoms with Gasteiger partial charge in [-0.1, -0.05) is 6.92 Å². The quantitative estimate of drug-likeness (QED) is 0.743. The van der Waals surface area contributed by atoms with Gasteiger partial charge in [0.15, 0.2) is 0 Å². The summed E-state index contributed by atoms with van der Waals surface area (Å²) in [6.45, 7) is 3.93. The summed E-state index contributed by atoms with van der Waals surface area (Å²) in [6, 6.07) is 2.90. The molecule has 3 N–H and O–H groups in total. The van der Waals surface area contributed by atoms with E-state index in [0.717, 1.165) is 6.54 Å². The largest absolute Gasteiger partial charge is 0.384 e. The monoisotopic (exact) mass is 258 g/mol. The van der Waals surface area contributed by atoms with E-state index in [2.05, 4.69) is 9.71 Å². The second kappa shape index (κ2) is 5.95. The van der Waals surface area contributed by atoms with Gasteiger partial charge in [-0.05, 0) is 25.7 Å². The van der Waals surface area contributed by atoms with Crippen LogP contribution in [0.4, 0.5) is 5.82 Å². The SMILES string of the molecule is CCN(C)CCNS(=O)(=O)c1ccc(N)nc1. The lowest BCUT2D eigenvalue weighted by molar-refractivity contribution is 0.358. The molecule has 0 fully saturated rings.